The summed E-state index contributed by atoms with van der Waals surface area (Å²) in [7, 11) is 0. The van der Waals surface area contributed by atoms with Crippen molar-refractivity contribution < 1.29 is 4.79 Å². The first kappa shape index (κ1) is 11.1. The molecule has 2 rings (SSSR count). The monoisotopic (exact) mass is 214 g/mol. The van der Waals surface area contributed by atoms with Gasteiger partial charge in [0, 0.05) is 11.1 Å². The Bertz CT molecular complexity index is 390. The van der Waals surface area contributed by atoms with E-state index in [1.54, 1.807) is 0 Å². The van der Waals surface area contributed by atoms with Crippen molar-refractivity contribution in [3.8, 4) is 0 Å². The van der Waals surface area contributed by atoms with Crippen molar-refractivity contribution in [2.75, 3.05) is 0 Å². The average Bonchev–Trinajstić information content (AvgIpc) is 2.30. The maximum atomic E-state index is 12.2. The van der Waals surface area contributed by atoms with Gasteiger partial charge in [-0.25, -0.2) is 0 Å². The van der Waals surface area contributed by atoms with Gasteiger partial charge >= 0.3 is 0 Å². The molecule has 0 aromatic heterocycles. The summed E-state index contributed by atoms with van der Waals surface area (Å²) < 4.78 is 0. The summed E-state index contributed by atoms with van der Waals surface area (Å²) in [6.07, 6.45) is 12.0. The molecule has 2 aliphatic carbocycles. The van der Waals surface area contributed by atoms with Crippen LogP contribution in [0.4, 0.5) is 0 Å². The van der Waals surface area contributed by atoms with Gasteiger partial charge in [-0.1, -0.05) is 35.5 Å². The molecule has 0 aromatic carbocycles. The molecule has 1 nitrogen and oxygen atoms in total. The van der Waals surface area contributed by atoms with Crippen molar-refractivity contribution in [3.05, 3.63) is 46.6 Å². The zero-order chi connectivity index (χ0) is 11.5. The average molecular weight is 214 g/mol. The number of carbonyl (C=O) groups is 1. The van der Waals surface area contributed by atoms with Crippen LogP contribution in [-0.2, 0) is 4.79 Å². The van der Waals surface area contributed by atoms with Gasteiger partial charge in [-0.05, 0) is 39.5 Å². The molecule has 1 heteroatoms. The molecule has 16 heavy (non-hydrogen) atoms. The van der Waals surface area contributed by atoms with E-state index in [1.165, 1.54) is 11.1 Å². The lowest BCUT2D eigenvalue weighted by Gasteiger charge is -2.15. The standard InChI is InChI=1S/C15H18O/c1-11-3-7-13(8-4-11)15(16)14-9-5-12(2)6-10-14/h3,5,7,9H,4,6,8,10H2,1-2H3. The minimum absolute atomic E-state index is 0.257. The van der Waals surface area contributed by atoms with Crippen LogP contribution in [0.25, 0.3) is 0 Å². The van der Waals surface area contributed by atoms with Crippen LogP contribution < -0.4 is 0 Å². The largest absolute Gasteiger partial charge is 0.289 e. The van der Waals surface area contributed by atoms with Crippen LogP contribution in [0, 0.1) is 0 Å². The van der Waals surface area contributed by atoms with E-state index in [0.717, 1.165) is 36.8 Å². The molecular formula is C15H18O. The molecule has 0 aliphatic heterocycles. The minimum atomic E-state index is 0.257. The molecule has 0 fully saturated rings. The molecule has 0 amide bonds. The van der Waals surface area contributed by atoms with Crippen molar-refractivity contribution in [2.24, 2.45) is 0 Å². The third kappa shape index (κ3) is 2.41. The molecule has 0 radical (unpaired) electrons. The molecule has 0 saturated heterocycles. The lowest BCUT2D eigenvalue weighted by Crippen LogP contribution is -2.10. The second-order valence-corrected chi connectivity index (χ2v) is 4.74. The lowest BCUT2D eigenvalue weighted by atomic mass is 9.89. The maximum Gasteiger partial charge on any atom is 0.185 e. The highest BCUT2D eigenvalue weighted by atomic mass is 16.1. The molecule has 84 valence electrons. The molecule has 0 spiro atoms. The van der Waals surface area contributed by atoms with Gasteiger partial charge in [0.1, 0.15) is 0 Å². The summed E-state index contributed by atoms with van der Waals surface area (Å²) >= 11 is 0. The highest BCUT2D eigenvalue weighted by Crippen LogP contribution is 2.25. The number of allylic oxidation sites excluding steroid dienone is 8. The number of carbonyl (C=O) groups excluding carboxylic acids is 1. The normalized spacial score (nSPS) is 20.6. The zero-order valence-electron chi connectivity index (χ0n) is 10.0. The number of Topliss-reactive ketones (excluding diaryl/α,β-unsaturated/α-hetero) is 1. The second-order valence-electron chi connectivity index (χ2n) is 4.74. The van der Waals surface area contributed by atoms with E-state index in [1.807, 2.05) is 12.2 Å². The third-order valence-corrected chi connectivity index (χ3v) is 3.30. The molecule has 0 unspecified atom stereocenters. The quantitative estimate of drug-likeness (QED) is 0.681. The van der Waals surface area contributed by atoms with Crippen molar-refractivity contribution in [1.29, 1.82) is 0 Å². The van der Waals surface area contributed by atoms with Gasteiger partial charge in [-0.2, -0.15) is 0 Å². The summed E-state index contributed by atoms with van der Waals surface area (Å²) in [6, 6.07) is 0. The molecule has 0 saturated carbocycles. The number of ketones is 1. The minimum Gasteiger partial charge on any atom is -0.289 e. The van der Waals surface area contributed by atoms with Gasteiger partial charge in [0.05, 0.1) is 0 Å². The fraction of sp³-hybridized carbons (Fsp3) is 0.400. The van der Waals surface area contributed by atoms with Crippen molar-refractivity contribution >= 4 is 5.78 Å². The number of hydrogen-bond acceptors (Lipinski definition) is 1. The molecular weight excluding hydrogens is 196 g/mol. The summed E-state index contributed by atoms with van der Waals surface area (Å²) in [4.78, 5) is 12.2. The van der Waals surface area contributed by atoms with Crippen molar-refractivity contribution in [3.63, 3.8) is 0 Å². The first-order valence-corrected chi connectivity index (χ1v) is 5.94. The van der Waals surface area contributed by atoms with Crippen LogP contribution in [-0.4, -0.2) is 5.78 Å². The van der Waals surface area contributed by atoms with Crippen LogP contribution in [0.15, 0.2) is 46.6 Å². The van der Waals surface area contributed by atoms with Crippen molar-refractivity contribution in [1.82, 2.24) is 0 Å². The van der Waals surface area contributed by atoms with E-state index < -0.39 is 0 Å². The Balaban J connectivity index is 2.15. The summed E-state index contributed by atoms with van der Waals surface area (Å²) in [5.74, 6) is 0.257. The first-order valence-electron chi connectivity index (χ1n) is 5.94. The topological polar surface area (TPSA) is 17.1 Å². The molecule has 0 bridgehead atoms. The van der Waals surface area contributed by atoms with Gasteiger partial charge in [-0.3, -0.25) is 4.79 Å². The molecule has 0 heterocycles. The summed E-state index contributed by atoms with van der Waals surface area (Å²) in [5, 5.41) is 0. The highest BCUT2D eigenvalue weighted by Gasteiger charge is 2.17. The Kier molecular flexibility index (Phi) is 3.23. The van der Waals surface area contributed by atoms with Crippen LogP contribution in [0.1, 0.15) is 39.5 Å². The van der Waals surface area contributed by atoms with Gasteiger partial charge in [0.25, 0.3) is 0 Å². The smallest absolute Gasteiger partial charge is 0.185 e. The Morgan fingerprint density at radius 1 is 0.812 bits per heavy atom. The Labute approximate surface area is 97.2 Å². The molecule has 0 aromatic rings. The summed E-state index contributed by atoms with van der Waals surface area (Å²) in [5.41, 5.74) is 4.68. The van der Waals surface area contributed by atoms with Crippen LogP contribution in [0.5, 0.6) is 0 Å². The zero-order valence-corrected chi connectivity index (χ0v) is 10.0. The fourth-order valence-corrected chi connectivity index (χ4v) is 2.07. The van der Waals surface area contributed by atoms with Crippen LogP contribution in [0.2, 0.25) is 0 Å². The maximum absolute atomic E-state index is 12.2. The Hall–Kier alpha value is -1.37. The SMILES string of the molecule is CC1=CC=C(C(=O)C2=CC=C(C)CC2)CC1. The van der Waals surface area contributed by atoms with Gasteiger partial charge in [-0.15, -0.1) is 0 Å². The van der Waals surface area contributed by atoms with E-state index in [0.29, 0.717) is 0 Å². The predicted octanol–water partition coefficient (Wildman–Crippen LogP) is 3.89. The highest BCUT2D eigenvalue weighted by molar-refractivity contribution is 6.08. The summed E-state index contributed by atoms with van der Waals surface area (Å²) in [6.45, 7) is 4.23. The van der Waals surface area contributed by atoms with Crippen molar-refractivity contribution in [2.45, 2.75) is 39.5 Å². The van der Waals surface area contributed by atoms with Gasteiger partial charge in [0.2, 0.25) is 0 Å². The van der Waals surface area contributed by atoms with Crippen LogP contribution in [0.3, 0.4) is 0 Å². The van der Waals surface area contributed by atoms with Crippen LogP contribution >= 0.6 is 0 Å². The van der Waals surface area contributed by atoms with E-state index in [-0.39, 0.29) is 5.78 Å². The van der Waals surface area contributed by atoms with E-state index in [2.05, 4.69) is 26.0 Å². The Morgan fingerprint density at radius 2 is 1.25 bits per heavy atom. The Morgan fingerprint density at radius 3 is 1.56 bits per heavy atom. The molecule has 2 aliphatic rings. The van der Waals surface area contributed by atoms with Gasteiger partial charge in [0.15, 0.2) is 5.78 Å². The number of rotatable bonds is 2. The second kappa shape index (κ2) is 4.65. The van der Waals surface area contributed by atoms with E-state index in [9.17, 15) is 4.79 Å². The predicted molar refractivity (Wildman–Crippen MR) is 67.2 cm³/mol. The number of hydrogen-bond donors (Lipinski definition) is 0. The third-order valence-electron chi connectivity index (χ3n) is 3.30. The first-order chi connectivity index (χ1) is 7.66. The fourth-order valence-electron chi connectivity index (χ4n) is 2.07. The molecule has 0 N–H and O–H groups in total. The van der Waals surface area contributed by atoms with E-state index in [4.69, 9.17) is 0 Å². The lowest BCUT2D eigenvalue weighted by molar-refractivity contribution is -0.112. The molecule has 0 atom stereocenters. The van der Waals surface area contributed by atoms with Gasteiger partial charge < -0.3 is 0 Å². The van der Waals surface area contributed by atoms with E-state index >= 15 is 0 Å².